The number of nitriles is 4. The zero-order valence-corrected chi connectivity index (χ0v) is 86.1. The fourth-order valence-corrected chi connectivity index (χ4v) is 24.7. The molecule has 150 heavy (non-hydrogen) atoms. The lowest BCUT2D eigenvalue weighted by molar-refractivity contribution is -0.127. The molecule has 1 amide bonds. The van der Waals surface area contributed by atoms with E-state index < -0.39 is 11.3 Å². The molecule has 8 aromatic rings. The quantitative estimate of drug-likeness (QED) is 0.0516. The highest BCUT2D eigenvalue weighted by molar-refractivity contribution is 6.66. The van der Waals surface area contributed by atoms with Gasteiger partial charge in [-0.3, -0.25) is 29.1 Å². The molecule has 0 bridgehead atoms. The number of ketones is 1. The number of likely N-dealkylation sites (N-methyl/N-ethyl adjacent to an activating group) is 4. The van der Waals surface area contributed by atoms with Gasteiger partial charge in [0.05, 0.1) is 71.4 Å². The van der Waals surface area contributed by atoms with E-state index in [4.69, 9.17) is 65.4 Å². The second-order valence-corrected chi connectivity index (χ2v) is 42.5. The molecule has 16 aliphatic rings. The molecular weight excluding hydrogens is 1900 g/mol. The molecule has 16 heterocycles. The summed E-state index contributed by atoms with van der Waals surface area (Å²) in [5.41, 5.74) is 19.9. The molecule has 4 aromatic heterocycles. The molecule has 4 aliphatic carbocycles. The first-order chi connectivity index (χ1) is 71.3. The molecule has 33 heteroatoms. The van der Waals surface area contributed by atoms with E-state index in [0.717, 1.165) is 271 Å². The summed E-state index contributed by atoms with van der Waals surface area (Å²) in [6, 6.07) is 48.3. The minimum atomic E-state index is -0.560. The van der Waals surface area contributed by atoms with Crippen molar-refractivity contribution in [3.05, 3.63) is 212 Å². The zero-order chi connectivity index (χ0) is 101. The molecule has 4 aromatic carbocycles. The summed E-state index contributed by atoms with van der Waals surface area (Å²) >= 11 is 4.71. The Bertz CT molecular complexity index is 6030. The molecule has 32 nitrogen and oxygen atoms in total. The summed E-state index contributed by atoms with van der Waals surface area (Å²) in [5.74, 6) is 4.10. The van der Waals surface area contributed by atoms with E-state index in [2.05, 4.69) is 203 Å². The molecule has 0 spiro atoms. The topological polar surface area (TPSA) is 337 Å². The predicted octanol–water partition coefficient (Wildman–Crippen LogP) is 16.7. The Hall–Kier alpha value is -12.2. The van der Waals surface area contributed by atoms with Crippen molar-refractivity contribution >= 4 is 51.8 Å². The number of hydrogen-bond acceptors (Lipinski definition) is 31. The summed E-state index contributed by atoms with van der Waals surface area (Å²) in [6.45, 7) is 26.6. The van der Waals surface area contributed by atoms with Gasteiger partial charge in [0.25, 0.3) is 0 Å². The second kappa shape index (κ2) is 52.2. The van der Waals surface area contributed by atoms with Crippen molar-refractivity contribution in [2.75, 3.05) is 159 Å². The zero-order valence-electron chi connectivity index (χ0n) is 85.4. The van der Waals surface area contributed by atoms with Gasteiger partial charge in [-0.05, 0) is 252 Å². The Balaban J connectivity index is 0.000000142. The van der Waals surface area contributed by atoms with Gasteiger partial charge in [-0.1, -0.05) is 140 Å². The molecule has 798 valence electrons. The van der Waals surface area contributed by atoms with Crippen molar-refractivity contribution in [3.63, 3.8) is 0 Å². The van der Waals surface area contributed by atoms with Gasteiger partial charge in [0, 0.05) is 181 Å². The molecule has 24 rings (SSSR count). The molecule has 0 saturated carbocycles. The third-order valence-electron chi connectivity index (χ3n) is 33.0. The van der Waals surface area contributed by atoms with Crippen LogP contribution in [-0.4, -0.2) is 266 Å². The number of fused-ring (bicyclic) bond motifs is 8. The number of rotatable bonds is 21. The van der Waals surface area contributed by atoms with Crippen molar-refractivity contribution in [1.29, 1.82) is 21.0 Å². The smallest absolute Gasteiger partial charge is 0.318 e. The van der Waals surface area contributed by atoms with Crippen LogP contribution >= 0.6 is 11.6 Å². The van der Waals surface area contributed by atoms with E-state index >= 15 is 0 Å². The molecule has 3 unspecified atom stereocenters. The van der Waals surface area contributed by atoms with Crippen molar-refractivity contribution in [3.8, 4) is 48.3 Å². The summed E-state index contributed by atoms with van der Waals surface area (Å²) in [7, 11) is 8.63. The Kier molecular flexibility index (Phi) is 39.0. The number of amides is 1. The van der Waals surface area contributed by atoms with Crippen molar-refractivity contribution < 1.29 is 33.3 Å². The fourth-order valence-electron chi connectivity index (χ4n) is 24.7. The lowest BCUT2D eigenvalue weighted by atomic mass is 9.99. The van der Waals surface area contributed by atoms with Gasteiger partial charge in [-0.25, -0.2) is 0 Å². The molecule has 0 radical (unpaired) electrons. The van der Waals surface area contributed by atoms with Gasteiger partial charge in [0.1, 0.15) is 55.7 Å². The van der Waals surface area contributed by atoms with Gasteiger partial charge in [-0.2, -0.15) is 60.9 Å². The predicted molar refractivity (Wildman–Crippen MR) is 586 cm³/mol. The first-order valence-corrected chi connectivity index (χ1v) is 53.7. The summed E-state index contributed by atoms with van der Waals surface area (Å²) in [5, 5.41) is 41.1. The number of allylic oxidation sites excluding steroid dienone is 1. The lowest BCUT2D eigenvalue weighted by Crippen LogP contribution is -2.54. The number of hydrogen-bond donors (Lipinski definition) is 1. The number of piperazine rings is 1. The fraction of sp³-hybridized carbons (Fsp3) is 0.564. The van der Waals surface area contributed by atoms with Gasteiger partial charge in [0.15, 0.2) is 5.78 Å². The molecular formula is C117H156ClN25O7. The highest BCUT2D eigenvalue weighted by atomic mass is 35.5. The Morgan fingerprint density at radius 3 is 1.05 bits per heavy atom. The number of aromatic nitrogens is 8. The maximum atomic E-state index is 12.3. The van der Waals surface area contributed by atoms with Crippen LogP contribution in [-0.2, 0) is 87.6 Å². The number of Topliss-reactive ketones (excluding diaryl/α,β-unsaturated/α-hetero) is 1. The van der Waals surface area contributed by atoms with E-state index in [1.54, 1.807) is 4.90 Å². The molecule has 11 atom stereocenters. The number of likely N-dealkylation sites (tertiary alicyclic amines) is 4. The average molecular weight is 2060 g/mol. The largest absolute Gasteiger partial charge is 0.462 e. The van der Waals surface area contributed by atoms with Crippen molar-refractivity contribution in [1.82, 2.24) is 84.4 Å². The Morgan fingerprint density at radius 2 is 0.713 bits per heavy atom. The minimum absolute atomic E-state index is 0. The number of carbonyl (C=O) groups is 3. The number of ether oxygens (including phenoxy) is 4. The third kappa shape index (κ3) is 25.9. The Morgan fingerprint density at radius 1 is 0.380 bits per heavy atom. The normalized spacial score (nSPS) is 24.3. The van der Waals surface area contributed by atoms with E-state index in [1.165, 1.54) is 107 Å². The number of aryl methyl sites for hydroxylation is 4. The average Bonchev–Trinajstić information content (AvgIpc) is 1.62. The lowest BCUT2D eigenvalue weighted by Gasteiger charge is -2.39. The van der Waals surface area contributed by atoms with Crippen LogP contribution in [0.3, 0.4) is 0 Å². The standard InChI is InChI=1S/C29H35N7O2.2C27H34N6O.C18H26N6O.C9H8O.C3H3ClO.4CH4/c1-3-27(37)36-14-13-34(16-22(36)15-30)28-24-17-35(26-11-10-20-7-4-5-9-23(20)26)18-25(24)31-29(32-28)38-19-21-8-6-12-33(21)2;2*1-31-12-5-8-21(31)18-34-27-29-24-17-33(25-11-10-20-7-2-3-9-22(20)25)16-23(24)26(30-27)32-13-4-6-19(14-28)15-32;1-23-6-3-5-14(23)12-25-18-21-16-10-20-9-15(16)17(22-18)24-7-2-4-13(8-19)11-24;10-9-6-5-7-3-1-2-4-8(7)9;1-2-3(4)5;;;;/h3-5,7,9,21-22,26H,1,6,8,10-14,16-19H2,2H3;2*2-3,7,9,19,21,25H,4-6,8,10-13,15-18H2,1H3;13-14,20H,2-7,9-12H2,1H3;1-4H,5-6H2;2H,1H2;4*1H4/t21-,22-,26?;2*19-,21-,25?;13-,14-;;;;;;/m0000....../s1. The van der Waals surface area contributed by atoms with Gasteiger partial charge in [0.2, 0.25) is 11.1 Å². The van der Waals surface area contributed by atoms with Gasteiger partial charge in [-0.15, -0.1) is 0 Å². The first kappa shape index (κ1) is 112. The van der Waals surface area contributed by atoms with Crippen LogP contribution < -0.4 is 43.9 Å². The number of nitrogens with zero attached hydrogens (tertiary/aromatic N) is 24. The molecule has 1 N–H and O–H groups in total. The van der Waals surface area contributed by atoms with Crippen LogP contribution in [0.2, 0.25) is 0 Å². The summed E-state index contributed by atoms with van der Waals surface area (Å²) in [6.07, 6.45) is 26.3. The first-order valence-electron chi connectivity index (χ1n) is 53.4. The van der Waals surface area contributed by atoms with Crippen molar-refractivity contribution in [2.45, 2.75) is 272 Å². The number of carbonyl (C=O) groups excluding carboxylic acids is 3. The van der Waals surface area contributed by atoms with E-state index in [9.17, 15) is 35.4 Å². The van der Waals surface area contributed by atoms with Crippen molar-refractivity contribution in [2.24, 2.45) is 17.8 Å². The monoisotopic (exact) mass is 2060 g/mol. The second-order valence-electron chi connectivity index (χ2n) is 42.1. The van der Waals surface area contributed by atoms with Crippen LogP contribution in [0.25, 0.3) is 0 Å². The molecule has 8 fully saturated rings. The van der Waals surface area contributed by atoms with Crippen LogP contribution in [0, 0.1) is 63.1 Å². The van der Waals surface area contributed by atoms with E-state index in [0.29, 0.717) is 125 Å². The van der Waals surface area contributed by atoms with E-state index in [1.807, 2.05) is 24.3 Å². The maximum absolute atomic E-state index is 12.3. The van der Waals surface area contributed by atoms with Crippen LogP contribution in [0.15, 0.2) is 122 Å². The molecule has 12 aliphatic heterocycles. The van der Waals surface area contributed by atoms with Crippen LogP contribution in [0.4, 0.5) is 23.3 Å². The highest BCUT2D eigenvalue weighted by Crippen LogP contribution is 2.48. The minimum Gasteiger partial charge on any atom is -0.462 e. The number of nitrogens with one attached hydrogen (secondary N) is 1. The number of anilines is 4. The SMILES string of the molecule is C.C.C.C.C=CC(=O)Cl.C=CC(=O)N1CCN(c2nc(OC[C@@H]3CCCN3C)nc3c2CN(C2CCc4ccccc42)C3)C[C@@H]1C#N.CN1CCC[C@H]1COc1nc2c(c(N3CCC[C@@H](C#N)C3)n1)CN(C1CCc3ccccc31)C2.CN1CCC[C@H]1COc1nc2c(c(N3CCC[C@@H](C#N)C3)n1)CN(C1CCc3ccccc31)C2.CN1CCC[C@H]1COc1nc2c(c(N3CCC[C@@H](C#N)C3)n1)CNC2.O=C1CCc2ccccc21. The number of benzene rings is 4. The summed E-state index contributed by atoms with van der Waals surface area (Å²) < 4.78 is 24.6. The van der Waals surface area contributed by atoms with E-state index in [-0.39, 0.29) is 53.4 Å². The number of halogens is 1. The van der Waals surface area contributed by atoms with Gasteiger partial charge < -0.3 is 68.4 Å². The van der Waals surface area contributed by atoms with Crippen LogP contribution in [0.5, 0.6) is 24.0 Å². The summed E-state index contributed by atoms with van der Waals surface area (Å²) in [4.78, 5) is 99.5. The maximum Gasteiger partial charge on any atom is 0.318 e. The van der Waals surface area contributed by atoms with Crippen LogP contribution in [0.1, 0.15) is 258 Å². The Labute approximate surface area is 894 Å². The number of piperidine rings is 3. The molecule has 8 saturated heterocycles. The highest BCUT2D eigenvalue weighted by Gasteiger charge is 2.43. The van der Waals surface area contributed by atoms with Gasteiger partial charge >= 0.3 is 24.0 Å². The third-order valence-corrected chi connectivity index (χ3v) is 33.1.